The third-order valence-corrected chi connectivity index (χ3v) is 2.13. The van der Waals surface area contributed by atoms with Gasteiger partial charge in [0, 0.05) is 12.8 Å². The summed E-state index contributed by atoms with van der Waals surface area (Å²) in [7, 11) is 0. The lowest BCUT2D eigenvalue weighted by molar-refractivity contribution is -0.171. The van der Waals surface area contributed by atoms with Crippen molar-refractivity contribution >= 4 is 23.9 Å². The molecule has 21 heavy (non-hydrogen) atoms. The lowest BCUT2D eigenvalue weighted by Gasteiger charge is -2.20. The number of alkyl carbamates (subject to hydrolysis) is 1. The van der Waals surface area contributed by atoms with Crippen LogP contribution in [0.2, 0.25) is 0 Å². The Morgan fingerprint density at radius 1 is 1.24 bits per heavy atom. The molecule has 0 aromatic rings. The first kappa shape index (κ1) is 18.8. The Balaban J connectivity index is 0.000000423. The van der Waals surface area contributed by atoms with Gasteiger partial charge in [-0.3, -0.25) is 19.6 Å². The van der Waals surface area contributed by atoms with Crippen molar-refractivity contribution in [3.8, 4) is 0 Å². The fraction of sp³-hybridized carbons (Fsp3) is 0.667. The molecule has 120 valence electrons. The Bertz CT molecular complexity index is 412. The Morgan fingerprint density at radius 3 is 1.90 bits per heavy atom. The summed E-state index contributed by atoms with van der Waals surface area (Å²) in [5.74, 6) is -2.10. The van der Waals surface area contributed by atoms with Crippen molar-refractivity contribution in [3.05, 3.63) is 0 Å². The molecule has 3 N–H and O–H groups in total. The number of hydrogen-bond acceptors (Lipinski definition) is 6. The van der Waals surface area contributed by atoms with Gasteiger partial charge in [0.05, 0.1) is 0 Å². The van der Waals surface area contributed by atoms with E-state index in [0.29, 0.717) is 0 Å². The second-order valence-corrected chi connectivity index (χ2v) is 5.31. The monoisotopic (exact) mass is 304 g/mol. The third kappa shape index (κ3) is 7.88. The fourth-order valence-electron chi connectivity index (χ4n) is 1.11. The number of ether oxygens (including phenoxy) is 1. The number of hydrogen-bond donors (Lipinski definition) is 3. The van der Waals surface area contributed by atoms with E-state index in [4.69, 9.17) is 15.1 Å². The molecule has 0 radical (unpaired) electrons. The van der Waals surface area contributed by atoms with Crippen molar-refractivity contribution in [2.24, 2.45) is 0 Å². The van der Waals surface area contributed by atoms with Crippen molar-refractivity contribution in [1.82, 2.24) is 10.4 Å². The average Bonchev–Trinajstić information content (AvgIpc) is 2.58. The second-order valence-electron chi connectivity index (χ2n) is 5.31. The first-order chi connectivity index (χ1) is 9.44. The van der Waals surface area contributed by atoms with E-state index in [0.717, 1.165) is 0 Å². The van der Waals surface area contributed by atoms with Gasteiger partial charge in [0.25, 0.3) is 11.8 Å². The number of aliphatic carboxylic acids is 1. The lowest BCUT2D eigenvalue weighted by Crippen LogP contribution is -2.41. The summed E-state index contributed by atoms with van der Waals surface area (Å²) in [6.45, 7) is 6.49. The standard InChI is InChI=1S/C8H15NO4.C4H5NO3/c1-5(6(10)11)9-7(12)13-8(2,3)4;6-3-1-2-4(7)5(3)8/h5H,1-4H3,(H,9,12)(H,10,11);8H,1-2H2/t5-;/m1./s1. The number of carbonyl (C=O) groups excluding carboxylic acids is 3. The number of nitrogens with one attached hydrogen (secondary N) is 1. The summed E-state index contributed by atoms with van der Waals surface area (Å²) in [6.07, 6.45) is -0.424. The highest BCUT2D eigenvalue weighted by Gasteiger charge is 2.26. The van der Waals surface area contributed by atoms with E-state index in [2.05, 4.69) is 5.32 Å². The number of amides is 3. The molecule has 1 heterocycles. The van der Waals surface area contributed by atoms with Gasteiger partial charge >= 0.3 is 12.1 Å². The topological polar surface area (TPSA) is 133 Å². The van der Waals surface area contributed by atoms with Crippen LogP contribution in [-0.4, -0.2) is 50.9 Å². The minimum atomic E-state index is -1.09. The smallest absolute Gasteiger partial charge is 0.408 e. The number of carboxylic acids is 1. The van der Waals surface area contributed by atoms with Crippen LogP contribution in [0, 0.1) is 0 Å². The summed E-state index contributed by atoms with van der Waals surface area (Å²) in [5, 5.41) is 19.2. The minimum absolute atomic E-state index is 0.148. The van der Waals surface area contributed by atoms with Crippen LogP contribution in [0.4, 0.5) is 4.79 Å². The van der Waals surface area contributed by atoms with Gasteiger partial charge in [0.1, 0.15) is 11.6 Å². The number of rotatable bonds is 2. The Morgan fingerprint density at radius 2 is 1.67 bits per heavy atom. The molecule has 0 saturated carbocycles. The number of nitrogens with zero attached hydrogens (tertiary/aromatic N) is 1. The van der Waals surface area contributed by atoms with Crippen LogP contribution in [0.25, 0.3) is 0 Å². The molecule has 9 nitrogen and oxygen atoms in total. The Labute approximate surface area is 121 Å². The quantitative estimate of drug-likeness (QED) is 0.500. The van der Waals surface area contributed by atoms with Crippen LogP contribution < -0.4 is 5.32 Å². The van der Waals surface area contributed by atoms with Crippen LogP contribution in [0.5, 0.6) is 0 Å². The van der Waals surface area contributed by atoms with Crippen LogP contribution >= 0.6 is 0 Å². The normalized spacial score (nSPS) is 16.0. The molecule has 1 atom stereocenters. The molecule has 0 unspecified atom stereocenters. The molecule has 0 aromatic carbocycles. The van der Waals surface area contributed by atoms with Crippen LogP contribution in [0.3, 0.4) is 0 Å². The minimum Gasteiger partial charge on any atom is -0.480 e. The predicted molar refractivity (Wildman–Crippen MR) is 69.3 cm³/mol. The SMILES string of the molecule is C[C@@H](NC(=O)OC(C)(C)C)C(=O)O.O=C1CCC(=O)N1O. The van der Waals surface area contributed by atoms with Gasteiger partial charge in [-0.25, -0.2) is 4.79 Å². The second kappa shape index (κ2) is 7.58. The van der Waals surface area contributed by atoms with E-state index in [1.807, 2.05) is 0 Å². The number of imide groups is 1. The highest BCUT2D eigenvalue weighted by Crippen LogP contribution is 2.07. The summed E-state index contributed by atoms with van der Waals surface area (Å²) >= 11 is 0. The number of carboxylic acid groups (broad SMARTS) is 1. The third-order valence-electron chi connectivity index (χ3n) is 2.13. The van der Waals surface area contributed by atoms with Gasteiger partial charge in [0.2, 0.25) is 0 Å². The maximum absolute atomic E-state index is 11.0. The maximum Gasteiger partial charge on any atom is 0.408 e. The van der Waals surface area contributed by atoms with Crippen molar-refractivity contribution in [1.29, 1.82) is 0 Å². The first-order valence-corrected chi connectivity index (χ1v) is 6.21. The summed E-state index contributed by atoms with van der Waals surface area (Å²) in [6, 6.07) is -0.935. The van der Waals surface area contributed by atoms with E-state index >= 15 is 0 Å². The van der Waals surface area contributed by atoms with Gasteiger partial charge in [-0.1, -0.05) is 0 Å². The molecule has 0 aliphatic carbocycles. The van der Waals surface area contributed by atoms with Crippen molar-refractivity contribution in [2.45, 2.75) is 52.2 Å². The van der Waals surface area contributed by atoms with Crippen LogP contribution in [0.1, 0.15) is 40.5 Å². The first-order valence-electron chi connectivity index (χ1n) is 6.21. The lowest BCUT2D eigenvalue weighted by atomic mass is 10.2. The van der Waals surface area contributed by atoms with E-state index in [-0.39, 0.29) is 17.9 Å². The van der Waals surface area contributed by atoms with E-state index in [1.165, 1.54) is 6.92 Å². The van der Waals surface area contributed by atoms with Gasteiger partial charge in [-0.15, -0.1) is 0 Å². The van der Waals surface area contributed by atoms with E-state index in [9.17, 15) is 19.2 Å². The van der Waals surface area contributed by atoms with Crippen LogP contribution in [-0.2, 0) is 19.1 Å². The van der Waals surface area contributed by atoms with Crippen molar-refractivity contribution in [2.75, 3.05) is 0 Å². The zero-order valence-electron chi connectivity index (χ0n) is 12.4. The molecule has 0 bridgehead atoms. The molecule has 0 aromatic heterocycles. The van der Waals surface area contributed by atoms with Gasteiger partial charge in [-0.05, 0) is 27.7 Å². The van der Waals surface area contributed by atoms with Gasteiger partial charge in [0.15, 0.2) is 0 Å². The van der Waals surface area contributed by atoms with Crippen molar-refractivity contribution in [3.63, 3.8) is 0 Å². The largest absolute Gasteiger partial charge is 0.480 e. The summed E-state index contributed by atoms with van der Waals surface area (Å²) in [5.41, 5.74) is -0.609. The number of carbonyl (C=O) groups is 4. The van der Waals surface area contributed by atoms with Gasteiger partial charge in [-0.2, -0.15) is 5.06 Å². The number of hydroxylamine groups is 2. The Hall–Kier alpha value is -2.16. The molecule has 0 spiro atoms. The van der Waals surface area contributed by atoms with Crippen molar-refractivity contribution < 1.29 is 34.2 Å². The maximum atomic E-state index is 11.0. The molecule has 1 aliphatic heterocycles. The molecule has 1 rings (SSSR count). The molecular weight excluding hydrogens is 284 g/mol. The average molecular weight is 304 g/mol. The highest BCUT2D eigenvalue weighted by molar-refractivity contribution is 6.00. The molecule has 1 fully saturated rings. The Kier molecular flexibility index (Phi) is 6.80. The van der Waals surface area contributed by atoms with Crippen LogP contribution in [0.15, 0.2) is 0 Å². The zero-order valence-corrected chi connectivity index (χ0v) is 12.4. The predicted octanol–water partition coefficient (Wildman–Crippen LogP) is 0.509. The molecule has 9 heteroatoms. The fourth-order valence-corrected chi connectivity index (χ4v) is 1.11. The molecular formula is C12H20N2O7. The van der Waals surface area contributed by atoms with E-state index in [1.54, 1.807) is 20.8 Å². The zero-order chi connectivity index (χ0) is 16.8. The molecule has 1 saturated heterocycles. The highest BCUT2D eigenvalue weighted by atomic mass is 16.6. The molecule has 1 aliphatic rings. The summed E-state index contributed by atoms with van der Waals surface area (Å²) in [4.78, 5) is 41.8. The van der Waals surface area contributed by atoms with Gasteiger partial charge < -0.3 is 15.2 Å². The summed E-state index contributed by atoms with van der Waals surface area (Å²) < 4.78 is 4.85. The van der Waals surface area contributed by atoms with E-state index < -0.39 is 35.5 Å². The molecule has 3 amide bonds.